The predicted octanol–water partition coefficient (Wildman–Crippen LogP) is -0.234. The van der Waals surface area contributed by atoms with E-state index in [-0.39, 0.29) is 5.97 Å². The van der Waals surface area contributed by atoms with Gasteiger partial charge >= 0.3 is 5.97 Å². The Morgan fingerprint density at radius 3 is 2.67 bits per heavy atom. The van der Waals surface area contributed by atoms with E-state index in [0.717, 1.165) is 0 Å². The molecule has 2 unspecified atom stereocenters. The van der Waals surface area contributed by atoms with Gasteiger partial charge in [-0.1, -0.05) is 0 Å². The van der Waals surface area contributed by atoms with Crippen molar-refractivity contribution in [2.75, 3.05) is 20.2 Å². The van der Waals surface area contributed by atoms with Gasteiger partial charge in [0.25, 0.3) is 0 Å². The molecular weight excluding hydrogens is 158 g/mol. The Kier molecular flexibility index (Phi) is 5.66. The third-order valence-corrected chi connectivity index (χ3v) is 1.65. The highest BCUT2D eigenvalue weighted by atomic mass is 16.5. The number of ether oxygens (including phenoxy) is 1. The second-order valence-electron chi connectivity index (χ2n) is 2.67. The van der Waals surface area contributed by atoms with Crippen LogP contribution in [0.5, 0.6) is 0 Å². The number of hydrogen-bond donors (Lipinski definition) is 2. The number of likely N-dealkylation sites (N-methyl/N-ethyl adjacent to an activating group) is 1. The first kappa shape index (κ1) is 11.4. The minimum absolute atomic E-state index is 0.347. The highest BCUT2D eigenvalue weighted by Gasteiger charge is 2.21. The van der Waals surface area contributed by atoms with E-state index in [0.29, 0.717) is 13.2 Å². The van der Waals surface area contributed by atoms with Crippen molar-refractivity contribution in [1.82, 2.24) is 5.32 Å². The lowest BCUT2D eigenvalue weighted by atomic mass is 10.1. The van der Waals surface area contributed by atoms with Crippen LogP contribution < -0.4 is 5.32 Å². The zero-order chi connectivity index (χ0) is 9.56. The Morgan fingerprint density at radius 1 is 1.67 bits per heavy atom. The molecule has 0 rings (SSSR count). The molecule has 0 fully saturated rings. The summed E-state index contributed by atoms with van der Waals surface area (Å²) in [6.45, 7) is 4.16. The van der Waals surface area contributed by atoms with Gasteiger partial charge in [0.1, 0.15) is 0 Å². The predicted molar refractivity (Wildman–Crippen MR) is 45.7 cm³/mol. The zero-order valence-electron chi connectivity index (χ0n) is 7.83. The molecule has 0 aromatic carbocycles. The molecule has 0 aromatic rings. The highest BCUT2D eigenvalue weighted by molar-refractivity contribution is 5.72. The minimum Gasteiger partial charge on any atom is -0.466 e. The molecule has 0 saturated carbocycles. The van der Waals surface area contributed by atoms with E-state index in [9.17, 15) is 9.90 Å². The van der Waals surface area contributed by atoms with Crippen molar-refractivity contribution in [2.45, 2.75) is 20.0 Å². The summed E-state index contributed by atoms with van der Waals surface area (Å²) in [5.41, 5.74) is 0. The average Bonchev–Trinajstić information content (AvgIpc) is 2.04. The van der Waals surface area contributed by atoms with Crippen molar-refractivity contribution in [3.05, 3.63) is 0 Å². The third kappa shape index (κ3) is 3.69. The van der Waals surface area contributed by atoms with Gasteiger partial charge in [-0.3, -0.25) is 4.79 Å². The molecule has 0 bridgehead atoms. The van der Waals surface area contributed by atoms with Gasteiger partial charge in [-0.05, 0) is 20.9 Å². The van der Waals surface area contributed by atoms with Gasteiger partial charge in [-0.2, -0.15) is 0 Å². The second-order valence-corrected chi connectivity index (χ2v) is 2.67. The van der Waals surface area contributed by atoms with Crippen molar-refractivity contribution in [1.29, 1.82) is 0 Å². The Bertz CT molecular complexity index is 138. The Labute approximate surface area is 72.9 Å². The molecule has 0 aliphatic rings. The van der Waals surface area contributed by atoms with E-state index in [1.807, 2.05) is 0 Å². The van der Waals surface area contributed by atoms with Gasteiger partial charge in [0.15, 0.2) is 0 Å². The molecular formula is C8H17NO3. The lowest BCUT2D eigenvalue weighted by molar-refractivity contribution is -0.151. The fraction of sp³-hybridized carbons (Fsp3) is 0.875. The van der Waals surface area contributed by atoms with Crippen LogP contribution >= 0.6 is 0 Å². The maximum Gasteiger partial charge on any atom is 0.311 e. The number of esters is 1. The molecule has 72 valence electrons. The van der Waals surface area contributed by atoms with E-state index >= 15 is 0 Å². The first-order valence-electron chi connectivity index (χ1n) is 4.12. The molecule has 0 amide bonds. The lowest BCUT2D eigenvalue weighted by Gasteiger charge is -2.16. The van der Waals surface area contributed by atoms with Gasteiger partial charge in [-0.25, -0.2) is 0 Å². The van der Waals surface area contributed by atoms with Gasteiger partial charge in [-0.15, -0.1) is 0 Å². The quantitative estimate of drug-likeness (QED) is 0.566. The summed E-state index contributed by atoms with van der Waals surface area (Å²) in [5.74, 6) is -0.808. The standard InChI is InChI=1S/C8H17NO3/c1-4-12-8(11)6(2)7(10)5-9-3/h6-7,9-10H,4-5H2,1-3H3. The van der Waals surface area contributed by atoms with Crippen molar-refractivity contribution >= 4 is 5.97 Å². The van der Waals surface area contributed by atoms with Crippen LogP contribution in [0.2, 0.25) is 0 Å². The third-order valence-electron chi connectivity index (χ3n) is 1.65. The Hall–Kier alpha value is -0.610. The number of nitrogens with one attached hydrogen (secondary N) is 1. The van der Waals surface area contributed by atoms with E-state index in [1.165, 1.54) is 0 Å². The van der Waals surface area contributed by atoms with E-state index in [2.05, 4.69) is 5.32 Å². The van der Waals surface area contributed by atoms with Crippen molar-refractivity contribution in [3.8, 4) is 0 Å². The zero-order valence-corrected chi connectivity index (χ0v) is 7.83. The molecule has 2 atom stereocenters. The maximum absolute atomic E-state index is 11.0. The maximum atomic E-state index is 11.0. The molecule has 0 radical (unpaired) electrons. The summed E-state index contributed by atoms with van der Waals surface area (Å²) in [5, 5.41) is 12.1. The van der Waals surface area contributed by atoms with Crippen LogP contribution in [0.3, 0.4) is 0 Å². The highest BCUT2D eigenvalue weighted by Crippen LogP contribution is 2.04. The summed E-state index contributed by atoms with van der Waals surface area (Å²) in [6, 6.07) is 0. The van der Waals surface area contributed by atoms with E-state index in [4.69, 9.17) is 4.74 Å². The summed E-state index contributed by atoms with van der Waals surface area (Å²) in [4.78, 5) is 11.0. The fourth-order valence-corrected chi connectivity index (χ4v) is 0.817. The van der Waals surface area contributed by atoms with Crippen LogP contribution in [0.25, 0.3) is 0 Å². The molecule has 2 N–H and O–H groups in total. The van der Waals surface area contributed by atoms with Crippen LogP contribution in [0.4, 0.5) is 0 Å². The van der Waals surface area contributed by atoms with Crippen LogP contribution in [-0.4, -0.2) is 37.4 Å². The summed E-state index contributed by atoms with van der Waals surface area (Å²) >= 11 is 0. The van der Waals surface area contributed by atoms with Gasteiger partial charge < -0.3 is 15.2 Å². The molecule has 0 aromatic heterocycles. The summed E-state index contributed by atoms with van der Waals surface area (Å²) in [6.07, 6.45) is -0.672. The summed E-state index contributed by atoms with van der Waals surface area (Å²) < 4.78 is 4.74. The average molecular weight is 175 g/mol. The van der Waals surface area contributed by atoms with Crippen LogP contribution in [0.15, 0.2) is 0 Å². The SMILES string of the molecule is CCOC(=O)C(C)C(O)CNC. The molecule has 0 heterocycles. The van der Waals surface area contributed by atoms with Crippen LogP contribution in [0, 0.1) is 5.92 Å². The number of aliphatic hydroxyl groups excluding tert-OH is 1. The molecule has 0 saturated heterocycles. The van der Waals surface area contributed by atoms with Crippen molar-refractivity contribution in [3.63, 3.8) is 0 Å². The summed E-state index contributed by atoms with van der Waals surface area (Å²) in [7, 11) is 1.72. The Morgan fingerprint density at radius 2 is 2.25 bits per heavy atom. The minimum atomic E-state index is -0.672. The monoisotopic (exact) mass is 175 g/mol. The van der Waals surface area contributed by atoms with Crippen LogP contribution in [0.1, 0.15) is 13.8 Å². The number of hydrogen-bond acceptors (Lipinski definition) is 4. The van der Waals surface area contributed by atoms with E-state index in [1.54, 1.807) is 20.9 Å². The topological polar surface area (TPSA) is 58.6 Å². The first-order valence-corrected chi connectivity index (χ1v) is 4.12. The number of aliphatic hydroxyl groups is 1. The number of rotatable bonds is 5. The van der Waals surface area contributed by atoms with Crippen molar-refractivity contribution in [2.24, 2.45) is 5.92 Å². The van der Waals surface area contributed by atoms with Gasteiger partial charge in [0, 0.05) is 6.54 Å². The fourth-order valence-electron chi connectivity index (χ4n) is 0.817. The Balaban J connectivity index is 3.82. The molecule has 0 aliphatic heterocycles. The lowest BCUT2D eigenvalue weighted by Crippen LogP contribution is -2.34. The first-order chi connectivity index (χ1) is 5.63. The molecule has 0 spiro atoms. The van der Waals surface area contributed by atoms with Gasteiger partial charge in [0.05, 0.1) is 18.6 Å². The smallest absolute Gasteiger partial charge is 0.311 e. The number of carbonyl (C=O) groups is 1. The number of carbonyl (C=O) groups excluding carboxylic acids is 1. The molecule has 4 nitrogen and oxygen atoms in total. The van der Waals surface area contributed by atoms with Crippen LogP contribution in [-0.2, 0) is 9.53 Å². The largest absolute Gasteiger partial charge is 0.466 e. The second kappa shape index (κ2) is 5.97. The normalized spacial score (nSPS) is 15.3. The van der Waals surface area contributed by atoms with E-state index < -0.39 is 12.0 Å². The van der Waals surface area contributed by atoms with Crippen molar-refractivity contribution < 1.29 is 14.6 Å². The van der Waals surface area contributed by atoms with Gasteiger partial charge in [0.2, 0.25) is 0 Å². The molecule has 12 heavy (non-hydrogen) atoms. The molecule has 0 aliphatic carbocycles. The molecule has 4 heteroatoms.